The molecule has 0 saturated carbocycles. The molecule has 216 valence electrons. The predicted octanol–water partition coefficient (Wildman–Crippen LogP) is 10.6. The average Bonchev–Trinajstić information content (AvgIpc) is 2.91. The van der Waals surface area contributed by atoms with Crippen molar-refractivity contribution in [3.05, 3.63) is 71.3 Å². The molecule has 0 aromatic heterocycles. The van der Waals surface area contributed by atoms with Crippen LogP contribution in [-0.4, -0.2) is 24.8 Å². The molecule has 0 aliphatic carbocycles. The summed E-state index contributed by atoms with van der Waals surface area (Å²) in [6, 6.07) is 17.9. The fourth-order valence-electron chi connectivity index (χ4n) is 5.51. The van der Waals surface area contributed by atoms with Crippen LogP contribution in [0.4, 0.5) is 0 Å². The van der Waals surface area contributed by atoms with Crippen molar-refractivity contribution in [3.63, 3.8) is 0 Å². The first-order chi connectivity index (χ1) is 18.9. The van der Waals surface area contributed by atoms with Gasteiger partial charge in [-0.15, -0.1) is 0 Å². The second-order valence-electron chi connectivity index (χ2n) is 12.1. The van der Waals surface area contributed by atoms with Crippen LogP contribution in [0.1, 0.15) is 122 Å². The monoisotopic (exact) mass is 531 g/mol. The number of ketones is 1. The van der Waals surface area contributed by atoms with Gasteiger partial charge >= 0.3 is 0 Å². The number of unbranched alkanes of at least 4 members (excludes halogenated alkanes) is 10. The third-order valence-electron chi connectivity index (χ3n) is 7.96. The quantitative estimate of drug-likeness (QED) is 0.118. The maximum absolute atomic E-state index is 12.2. The number of nitrogens with zero attached hydrogens (tertiary/aromatic N) is 1. The molecule has 0 amide bonds. The van der Waals surface area contributed by atoms with Crippen molar-refractivity contribution >= 4 is 5.78 Å². The first-order valence-electron chi connectivity index (χ1n) is 15.9. The van der Waals surface area contributed by atoms with Crippen molar-refractivity contribution in [3.8, 4) is 11.1 Å². The molecule has 39 heavy (non-hydrogen) atoms. The summed E-state index contributed by atoms with van der Waals surface area (Å²) in [6.07, 6.45) is 21.3. The lowest BCUT2D eigenvalue weighted by Crippen LogP contribution is -2.10. The van der Waals surface area contributed by atoms with Gasteiger partial charge in [-0.2, -0.15) is 0 Å². The number of carbonyl (C=O) groups excluding carboxylic acids is 1. The van der Waals surface area contributed by atoms with Gasteiger partial charge in [0, 0.05) is 12.5 Å². The molecule has 1 unspecified atom stereocenters. The van der Waals surface area contributed by atoms with Crippen molar-refractivity contribution < 1.29 is 4.79 Å². The van der Waals surface area contributed by atoms with Crippen LogP contribution in [0.5, 0.6) is 0 Å². The van der Waals surface area contributed by atoms with Gasteiger partial charge in [0.15, 0.2) is 0 Å². The molecule has 0 bridgehead atoms. The van der Waals surface area contributed by atoms with Gasteiger partial charge in [-0.3, -0.25) is 4.79 Å². The van der Waals surface area contributed by atoms with Crippen LogP contribution in [0.2, 0.25) is 0 Å². The van der Waals surface area contributed by atoms with E-state index in [9.17, 15) is 4.79 Å². The van der Waals surface area contributed by atoms with Crippen LogP contribution in [0.3, 0.4) is 0 Å². The smallest absolute Gasteiger partial charge is 0.132 e. The minimum Gasteiger partial charge on any atom is -0.305 e. The van der Waals surface area contributed by atoms with Gasteiger partial charge in [-0.05, 0) is 75.9 Å². The van der Waals surface area contributed by atoms with Gasteiger partial charge < -0.3 is 4.90 Å². The number of allylic oxidation sites excluding steroid dienone is 2. The van der Waals surface area contributed by atoms with Crippen LogP contribution in [-0.2, 0) is 17.8 Å². The Labute approximate surface area is 241 Å². The van der Waals surface area contributed by atoms with E-state index < -0.39 is 0 Å². The van der Waals surface area contributed by atoms with E-state index >= 15 is 0 Å². The van der Waals surface area contributed by atoms with Crippen LogP contribution < -0.4 is 0 Å². The summed E-state index contributed by atoms with van der Waals surface area (Å²) in [4.78, 5) is 14.4. The molecule has 0 heterocycles. The van der Waals surface area contributed by atoms with Crippen molar-refractivity contribution in [2.24, 2.45) is 5.92 Å². The van der Waals surface area contributed by atoms with Crippen LogP contribution in [0, 0.1) is 5.92 Å². The summed E-state index contributed by atoms with van der Waals surface area (Å²) in [7, 11) is 4.20. The van der Waals surface area contributed by atoms with Crippen molar-refractivity contribution in [2.75, 3.05) is 14.1 Å². The minimum absolute atomic E-state index is 0.232. The lowest BCUT2D eigenvalue weighted by atomic mass is 9.91. The van der Waals surface area contributed by atoms with E-state index in [-0.39, 0.29) is 5.92 Å². The van der Waals surface area contributed by atoms with Gasteiger partial charge in [0.05, 0.1) is 0 Å². The highest BCUT2D eigenvalue weighted by Gasteiger charge is 2.13. The summed E-state index contributed by atoms with van der Waals surface area (Å²) >= 11 is 0. The van der Waals surface area contributed by atoms with E-state index in [2.05, 4.69) is 87.4 Å². The number of Topliss-reactive ketones (excluding diaryl/α,β-unsaturated/α-hetero) is 1. The summed E-state index contributed by atoms with van der Waals surface area (Å²) < 4.78 is 0. The SMILES string of the molecule is CCCCCCCCCCCCCC(CCC=C(C)Cc1ccc(-c2ccc(CN(C)C)cc2)cc1)C(C)=O. The second kappa shape index (κ2) is 19.8. The molecule has 2 nitrogen and oxygen atoms in total. The Morgan fingerprint density at radius 2 is 1.18 bits per heavy atom. The standard InChI is InChI=1S/C37H57NO/c1-6-7-8-9-10-11-12-13-14-15-16-19-35(32(3)39)20-17-18-31(2)29-33-21-25-36(26-22-33)37-27-23-34(24-28-37)30-38(4)5/h18,21-28,35H,6-17,19-20,29-30H2,1-5H3. The van der Waals surface area contributed by atoms with Gasteiger partial charge in [-0.1, -0.05) is 138 Å². The molecule has 0 fully saturated rings. The first-order valence-corrected chi connectivity index (χ1v) is 15.9. The highest BCUT2D eigenvalue weighted by atomic mass is 16.1. The highest BCUT2D eigenvalue weighted by Crippen LogP contribution is 2.23. The molecule has 0 saturated heterocycles. The Kier molecular flexibility index (Phi) is 16.8. The van der Waals surface area contributed by atoms with E-state index in [0.717, 1.165) is 32.2 Å². The van der Waals surface area contributed by atoms with Crippen LogP contribution in [0.25, 0.3) is 11.1 Å². The number of hydrogen-bond acceptors (Lipinski definition) is 2. The van der Waals surface area contributed by atoms with E-state index in [1.54, 1.807) is 6.92 Å². The molecule has 0 aliphatic rings. The number of hydrogen-bond donors (Lipinski definition) is 0. The fourth-order valence-corrected chi connectivity index (χ4v) is 5.51. The van der Waals surface area contributed by atoms with Gasteiger partial charge in [0.2, 0.25) is 0 Å². The molecule has 0 radical (unpaired) electrons. The van der Waals surface area contributed by atoms with Gasteiger partial charge in [0.25, 0.3) is 0 Å². The minimum atomic E-state index is 0.232. The Balaban J connectivity index is 1.66. The molecule has 2 heteroatoms. The average molecular weight is 532 g/mol. The zero-order valence-corrected chi connectivity index (χ0v) is 25.9. The predicted molar refractivity (Wildman–Crippen MR) is 171 cm³/mol. The zero-order valence-electron chi connectivity index (χ0n) is 25.9. The first kappa shape index (κ1) is 33.0. The molecule has 0 aliphatic heterocycles. The third-order valence-corrected chi connectivity index (χ3v) is 7.96. The van der Waals surface area contributed by atoms with E-state index in [4.69, 9.17) is 0 Å². The van der Waals surface area contributed by atoms with Crippen LogP contribution >= 0.6 is 0 Å². The van der Waals surface area contributed by atoms with Gasteiger partial charge in [-0.25, -0.2) is 0 Å². The lowest BCUT2D eigenvalue weighted by molar-refractivity contribution is -0.121. The molecule has 0 spiro atoms. The fraction of sp³-hybridized carbons (Fsp3) is 0.595. The second-order valence-corrected chi connectivity index (χ2v) is 12.1. The Hall–Kier alpha value is -2.19. The van der Waals surface area contributed by atoms with Gasteiger partial charge in [0.1, 0.15) is 5.78 Å². The molecule has 2 rings (SSSR count). The number of carbonyl (C=O) groups is 1. The van der Waals surface area contributed by atoms with Crippen molar-refractivity contribution in [1.29, 1.82) is 0 Å². The largest absolute Gasteiger partial charge is 0.305 e. The van der Waals surface area contributed by atoms with E-state index in [1.807, 2.05) is 0 Å². The van der Waals surface area contributed by atoms with Crippen molar-refractivity contribution in [2.45, 2.75) is 124 Å². The summed E-state index contributed by atoms with van der Waals surface area (Å²) in [5, 5.41) is 0. The molecule has 0 N–H and O–H groups in total. The summed E-state index contributed by atoms with van der Waals surface area (Å²) in [6.45, 7) is 7.27. The molecule has 1 atom stereocenters. The molecule has 2 aromatic rings. The molecular formula is C37H57NO. The normalized spacial score (nSPS) is 12.7. The van der Waals surface area contributed by atoms with Crippen LogP contribution in [0.15, 0.2) is 60.2 Å². The molecule has 2 aromatic carbocycles. The maximum Gasteiger partial charge on any atom is 0.132 e. The maximum atomic E-state index is 12.2. The Morgan fingerprint density at radius 3 is 1.67 bits per heavy atom. The Morgan fingerprint density at radius 1 is 0.692 bits per heavy atom. The number of benzene rings is 2. The molecular weight excluding hydrogens is 474 g/mol. The summed E-state index contributed by atoms with van der Waals surface area (Å²) in [5.74, 6) is 0.606. The topological polar surface area (TPSA) is 20.3 Å². The lowest BCUT2D eigenvalue weighted by Gasteiger charge is -2.13. The highest BCUT2D eigenvalue weighted by molar-refractivity contribution is 5.78. The number of rotatable bonds is 21. The Bertz CT molecular complexity index is 938. The third kappa shape index (κ3) is 14.7. The van der Waals surface area contributed by atoms with Crippen molar-refractivity contribution in [1.82, 2.24) is 4.90 Å². The van der Waals surface area contributed by atoms with E-state index in [1.165, 1.54) is 98.5 Å². The van der Waals surface area contributed by atoms with E-state index in [0.29, 0.717) is 5.78 Å². The zero-order chi connectivity index (χ0) is 28.3. The summed E-state index contributed by atoms with van der Waals surface area (Å²) in [5.41, 5.74) is 6.62.